The van der Waals surface area contributed by atoms with Crippen LogP contribution in [0.25, 0.3) is 0 Å². The average molecular weight is 457 g/mol. The third-order valence-corrected chi connectivity index (χ3v) is 5.83. The van der Waals surface area contributed by atoms with Gasteiger partial charge in [-0.1, -0.05) is 0 Å². The van der Waals surface area contributed by atoms with Crippen molar-refractivity contribution in [3.63, 3.8) is 0 Å². The lowest BCUT2D eigenvalue weighted by Crippen LogP contribution is -2.53. The molecule has 0 aromatic heterocycles. The van der Waals surface area contributed by atoms with Gasteiger partial charge in [0.05, 0.1) is 24.0 Å². The lowest BCUT2D eigenvalue weighted by molar-refractivity contribution is -0.137. The monoisotopic (exact) mass is 457 g/mol. The van der Waals surface area contributed by atoms with E-state index in [-0.39, 0.29) is 25.5 Å². The first-order chi connectivity index (χ1) is 14.9. The van der Waals surface area contributed by atoms with Crippen LogP contribution in [0.2, 0.25) is 0 Å². The van der Waals surface area contributed by atoms with E-state index in [1.807, 2.05) is 5.32 Å². The fourth-order valence-corrected chi connectivity index (χ4v) is 4.01. The molecule has 7 N–H and O–H groups in total. The third kappa shape index (κ3) is 6.07. The number of aliphatic hydroxyl groups is 2. The van der Waals surface area contributed by atoms with Gasteiger partial charge in [-0.05, 0) is 26.7 Å². The largest absolute Gasteiger partial charge is 0.465 e. The smallest absolute Gasteiger partial charge is 0.405 e. The molecular formula is C19H31N5O8. The van der Waals surface area contributed by atoms with E-state index < -0.39 is 59.9 Å². The summed E-state index contributed by atoms with van der Waals surface area (Å²) in [6.45, 7) is 3.42. The van der Waals surface area contributed by atoms with Crippen LogP contribution in [0.1, 0.15) is 26.7 Å². The first-order valence-electron chi connectivity index (χ1n) is 10.4. The standard InChI is InChI=1S/C19H31N5O8/c1-9(25)13(15(20)27)21-16(28)11-3-5-23(7-11)17(29)12-4-6-24(8-12)18(30)14(10(2)26)22-19(31)32/h9-14,22,25-26H,3-8H2,1-2H3,(H2,20,27)(H,21,28)(H,31,32)/t9-,10-,11+,12+,13+,14+/m1/s1. The predicted octanol–water partition coefficient (Wildman–Crippen LogP) is -2.95. The minimum absolute atomic E-state index is 0.0846. The SMILES string of the molecule is C[C@@H](O)[C@H](NC(=O)[C@H]1CCN(C(=O)[C@H]2CCN(C(=O)[C@@H](NC(=O)O)[C@@H](C)O)C2)C1)C(N)=O. The molecular weight excluding hydrogens is 426 g/mol. The van der Waals surface area contributed by atoms with Gasteiger partial charge in [-0.25, -0.2) is 4.79 Å². The molecule has 0 radical (unpaired) electrons. The zero-order valence-electron chi connectivity index (χ0n) is 18.1. The molecule has 32 heavy (non-hydrogen) atoms. The Morgan fingerprint density at radius 3 is 1.94 bits per heavy atom. The molecule has 2 saturated heterocycles. The Labute approximate surface area is 184 Å². The molecule has 2 rings (SSSR count). The maximum absolute atomic E-state index is 12.9. The fraction of sp³-hybridized carbons (Fsp3) is 0.737. The maximum atomic E-state index is 12.9. The van der Waals surface area contributed by atoms with Crippen molar-refractivity contribution in [3.05, 3.63) is 0 Å². The first-order valence-corrected chi connectivity index (χ1v) is 10.4. The zero-order chi connectivity index (χ0) is 24.2. The van der Waals surface area contributed by atoms with Crippen LogP contribution in [-0.2, 0) is 19.2 Å². The minimum Gasteiger partial charge on any atom is -0.465 e. The molecule has 0 aliphatic carbocycles. The Kier molecular flexibility index (Phi) is 8.38. The number of rotatable bonds is 8. The summed E-state index contributed by atoms with van der Waals surface area (Å²) in [6, 6.07) is -2.55. The quantitative estimate of drug-likeness (QED) is 0.222. The van der Waals surface area contributed by atoms with Crippen LogP contribution in [0.3, 0.4) is 0 Å². The van der Waals surface area contributed by atoms with Crippen LogP contribution >= 0.6 is 0 Å². The van der Waals surface area contributed by atoms with Crippen LogP contribution in [-0.4, -0.2) is 105 Å². The van der Waals surface area contributed by atoms with Gasteiger partial charge in [-0.2, -0.15) is 0 Å². The van der Waals surface area contributed by atoms with E-state index in [4.69, 9.17) is 10.8 Å². The van der Waals surface area contributed by atoms with Crippen molar-refractivity contribution in [3.8, 4) is 0 Å². The zero-order valence-corrected chi connectivity index (χ0v) is 18.1. The van der Waals surface area contributed by atoms with E-state index in [2.05, 4.69) is 5.32 Å². The molecule has 13 nitrogen and oxygen atoms in total. The van der Waals surface area contributed by atoms with Crippen molar-refractivity contribution in [2.75, 3.05) is 26.2 Å². The van der Waals surface area contributed by atoms with Crippen molar-refractivity contribution in [1.29, 1.82) is 0 Å². The van der Waals surface area contributed by atoms with E-state index >= 15 is 0 Å². The Morgan fingerprint density at radius 2 is 1.41 bits per heavy atom. The summed E-state index contributed by atoms with van der Waals surface area (Å²) in [5.41, 5.74) is 5.18. The summed E-state index contributed by atoms with van der Waals surface area (Å²) >= 11 is 0. The molecule has 13 heteroatoms. The summed E-state index contributed by atoms with van der Waals surface area (Å²) in [5, 5.41) is 32.6. The Hall–Kier alpha value is -2.93. The van der Waals surface area contributed by atoms with Crippen molar-refractivity contribution in [2.24, 2.45) is 17.6 Å². The molecule has 0 saturated carbocycles. The third-order valence-electron chi connectivity index (χ3n) is 5.83. The number of hydrogen-bond acceptors (Lipinski definition) is 7. The highest BCUT2D eigenvalue weighted by Crippen LogP contribution is 2.24. The number of likely N-dealkylation sites (tertiary alicyclic amines) is 2. The van der Waals surface area contributed by atoms with Crippen LogP contribution < -0.4 is 16.4 Å². The Bertz CT molecular complexity index is 758. The predicted molar refractivity (Wildman–Crippen MR) is 109 cm³/mol. The van der Waals surface area contributed by atoms with Gasteiger partial charge >= 0.3 is 6.09 Å². The average Bonchev–Trinajstić information content (AvgIpc) is 3.38. The number of nitrogens with zero attached hydrogens (tertiary/aromatic N) is 2. The van der Waals surface area contributed by atoms with Crippen molar-refractivity contribution >= 4 is 29.7 Å². The van der Waals surface area contributed by atoms with Crippen molar-refractivity contribution in [1.82, 2.24) is 20.4 Å². The second-order valence-electron chi connectivity index (χ2n) is 8.34. The lowest BCUT2D eigenvalue weighted by Gasteiger charge is -2.26. The number of amides is 5. The number of primary amides is 1. The van der Waals surface area contributed by atoms with Gasteiger partial charge in [-0.15, -0.1) is 0 Å². The highest BCUT2D eigenvalue weighted by molar-refractivity contribution is 5.90. The van der Waals surface area contributed by atoms with E-state index in [9.17, 15) is 34.2 Å². The van der Waals surface area contributed by atoms with E-state index in [1.54, 1.807) is 0 Å². The summed E-state index contributed by atoms with van der Waals surface area (Å²) < 4.78 is 0. The van der Waals surface area contributed by atoms with Gasteiger partial charge in [-0.3, -0.25) is 19.2 Å². The van der Waals surface area contributed by atoms with Crippen LogP contribution in [0.5, 0.6) is 0 Å². The van der Waals surface area contributed by atoms with Gasteiger partial charge in [0, 0.05) is 26.2 Å². The first kappa shape index (κ1) is 25.3. The van der Waals surface area contributed by atoms with Crippen molar-refractivity contribution < 1.29 is 39.3 Å². The van der Waals surface area contributed by atoms with Gasteiger partial charge in [0.1, 0.15) is 12.1 Å². The van der Waals surface area contributed by atoms with Gasteiger partial charge in [0.2, 0.25) is 23.6 Å². The maximum Gasteiger partial charge on any atom is 0.405 e. The van der Waals surface area contributed by atoms with E-state index in [0.29, 0.717) is 19.4 Å². The molecule has 2 aliphatic rings. The normalized spacial score (nSPS) is 24.4. The van der Waals surface area contributed by atoms with E-state index in [1.165, 1.54) is 23.6 Å². The number of nitrogens with two attached hydrogens (primary N) is 1. The number of carboxylic acid groups (broad SMARTS) is 1. The molecule has 180 valence electrons. The Balaban J connectivity index is 1.92. The number of hydrogen-bond donors (Lipinski definition) is 6. The lowest BCUT2D eigenvalue weighted by atomic mass is 10.1. The van der Waals surface area contributed by atoms with Crippen LogP contribution in [0, 0.1) is 11.8 Å². The molecule has 0 aromatic carbocycles. The second-order valence-corrected chi connectivity index (χ2v) is 8.34. The highest BCUT2D eigenvalue weighted by atomic mass is 16.4. The number of nitrogens with one attached hydrogen (secondary N) is 2. The van der Waals surface area contributed by atoms with Gasteiger partial charge < -0.3 is 41.5 Å². The summed E-state index contributed by atoms with van der Waals surface area (Å²) in [4.78, 5) is 63.0. The topological polar surface area (TPSA) is 203 Å². The van der Waals surface area contributed by atoms with Crippen LogP contribution in [0.4, 0.5) is 4.79 Å². The summed E-state index contributed by atoms with van der Waals surface area (Å²) in [5.74, 6) is -3.23. The molecule has 5 amide bonds. The van der Waals surface area contributed by atoms with Crippen LogP contribution in [0.15, 0.2) is 0 Å². The molecule has 2 fully saturated rings. The molecule has 0 unspecified atom stereocenters. The van der Waals surface area contributed by atoms with Gasteiger partial charge in [0.25, 0.3) is 0 Å². The minimum atomic E-state index is -1.44. The highest BCUT2D eigenvalue weighted by Gasteiger charge is 2.40. The number of carbonyl (C=O) groups excluding carboxylic acids is 4. The van der Waals surface area contributed by atoms with Gasteiger partial charge in [0.15, 0.2) is 0 Å². The number of carbonyl (C=O) groups is 5. The van der Waals surface area contributed by atoms with Crippen molar-refractivity contribution in [2.45, 2.75) is 51.0 Å². The Morgan fingerprint density at radius 1 is 0.875 bits per heavy atom. The molecule has 0 aromatic rings. The second kappa shape index (κ2) is 10.6. The molecule has 6 atom stereocenters. The fourth-order valence-electron chi connectivity index (χ4n) is 4.01. The molecule has 0 bridgehead atoms. The molecule has 2 heterocycles. The summed E-state index contributed by atoms with van der Waals surface area (Å²) in [6.07, 6.45) is -3.07. The number of aliphatic hydroxyl groups excluding tert-OH is 2. The summed E-state index contributed by atoms with van der Waals surface area (Å²) in [7, 11) is 0. The molecule has 0 spiro atoms. The van der Waals surface area contributed by atoms with E-state index in [0.717, 1.165) is 0 Å². The molecule has 2 aliphatic heterocycles.